The van der Waals surface area contributed by atoms with Crippen molar-refractivity contribution in [1.82, 2.24) is 9.21 Å². The normalized spacial score (nSPS) is 19.0. The molecule has 0 spiro atoms. The van der Waals surface area contributed by atoms with Crippen LogP contribution in [0.2, 0.25) is 0 Å². The second-order valence-corrected chi connectivity index (χ2v) is 10.5. The summed E-state index contributed by atoms with van der Waals surface area (Å²) in [5.74, 6) is -0.243. The Morgan fingerprint density at radius 3 is 2.76 bits per heavy atom. The van der Waals surface area contributed by atoms with Gasteiger partial charge in [0, 0.05) is 25.0 Å². The van der Waals surface area contributed by atoms with Crippen LogP contribution in [-0.2, 0) is 21.4 Å². The standard InChI is InChI=1S/C17H22N2O3S3/c1-13-7-10-23-15(13)12-18(2)17(20)14-5-3-8-19(11-14)25(21,22)16-6-4-9-24-16/h4,6-7,9-10,14H,3,5,8,11-12H2,1-2H3/t14-/m1/s1. The molecule has 0 aliphatic carbocycles. The van der Waals surface area contributed by atoms with Crippen molar-refractivity contribution in [2.24, 2.45) is 5.92 Å². The lowest BCUT2D eigenvalue weighted by molar-refractivity contribution is -0.135. The topological polar surface area (TPSA) is 57.7 Å². The third-order valence-corrected chi connectivity index (χ3v) is 8.79. The molecule has 0 saturated carbocycles. The Morgan fingerprint density at radius 2 is 2.12 bits per heavy atom. The fourth-order valence-electron chi connectivity index (χ4n) is 3.07. The molecule has 0 unspecified atom stereocenters. The fraction of sp³-hybridized carbons (Fsp3) is 0.471. The third-order valence-electron chi connectivity index (χ3n) is 4.55. The molecule has 0 N–H and O–H groups in total. The molecule has 8 heteroatoms. The highest BCUT2D eigenvalue weighted by Crippen LogP contribution is 2.27. The van der Waals surface area contributed by atoms with E-state index in [0.29, 0.717) is 23.7 Å². The monoisotopic (exact) mass is 398 g/mol. The van der Waals surface area contributed by atoms with E-state index in [1.165, 1.54) is 26.1 Å². The number of carbonyl (C=O) groups excluding carboxylic acids is 1. The molecule has 25 heavy (non-hydrogen) atoms. The molecular formula is C17H22N2O3S3. The molecule has 1 amide bonds. The lowest BCUT2D eigenvalue weighted by Crippen LogP contribution is -2.45. The van der Waals surface area contributed by atoms with E-state index in [1.54, 1.807) is 40.8 Å². The van der Waals surface area contributed by atoms with E-state index in [4.69, 9.17) is 0 Å². The predicted molar refractivity (Wildman–Crippen MR) is 101 cm³/mol. The van der Waals surface area contributed by atoms with Crippen LogP contribution in [0.5, 0.6) is 0 Å². The number of hydrogen-bond acceptors (Lipinski definition) is 5. The van der Waals surface area contributed by atoms with E-state index in [0.717, 1.165) is 6.42 Å². The molecule has 3 heterocycles. The number of carbonyl (C=O) groups is 1. The van der Waals surface area contributed by atoms with Gasteiger partial charge in [-0.2, -0.15) is 4.31 Å². The van der Waals surface area contributed by atoms with Crippen LogP contribution >= 0.6 is 22.7 Å². The van der Waals surface area contributed by atoms with Crippen LogP contribution in [0.25, 0.3) is 0 Å². The Balaban J connectivity index is 1.68. The second-order valence-electron chi connectivity index (χ2n) is 6.36. The minimum atomic E-state index is -3.48. The molecule has 2 aromatic heterocycles. The van der Waals surface area contributed by atoms with Gasteiger partial charge in [-0.3, -0.25) is 4.79 Å². The lowest BCUT2D eigenvalue weighted by atomic mass is 9.98. The first-order chi connectivity index (χ1) is 11.9. The molecule has 1 saturated heterocycles. The maximum Gasteiger partial charge on any atom is 0.252 e. The largest absolute Gasteiger partial charge is 0.340 e. The number of rotatable bonds is 5. The van der Waals surface area contributed by atoms with Gasteiger partial charge < -0.3 is 4.90 Å². The number of amides is 1. The Hall–Kier alpha value is -1.22. The summed E-state index contributed by atoms with van der Waals surface area (Å²) < 4.78 is 27.2. The van der Waals surface area contributed by atoms with E-state index >= 15 is 0 Å². The van der Waals surface area contributed by atoms with Crippen LogP contribution in [0.3, 0.4) is 0 Å². The van der Waals surface area contributed by atoms with Gasteiger partial charge >= 0.3 is 0 Å². The molecule has 1 atom stereocenters. The molecule has 5 nitrogen and oxygen atoms in total. The van der Waals surface area contributed by atoms with Gasteiger partial charge in [-0.1, -0.05) is 6.07 Å². The van der Waals surface area contributed by atoms with Gasteiger partial charge in [-0.05, 0) is 48.2 Å². The number of sulfonamides is 1. The quantitative estimate of drug-likeness (QED) is 0.777. The molecule has 0 aromatic carbocycles. The minimum Gasteiger partial charge on any atom is -0.340 e. The summed E-state index contributed by atoms with van der Waals surface area (Å²) in [5.41, 5.74) is 1.19. The summed E-state index contributed by atoms with van der Waals surface area (Å²) in [4.78, 5) is 15.7. The highest BCUT2D eigenvalue weighted by atomic mass is 32.2. The van der Waals surface area contributed by atoms with Crippen LogP contribution in [0.1, 0.15) is 23.3 Å². The number of hydrogen-bond donors (Lipinski definition) is 0. The van der Waals surface area contributed by atoms with Gasteiger partial charge in [0.1, 0.15) is 4.21 Å². The lowest BCUT2D eigenvalue weighted by Gasteiger charge is -2.33. The summed E-state index contributed by atoms with van der Waals surface area (Å²) in [6.45, 7) is 3.38. The molecule has 0 bridgehead atoms. The molecule has 1 fully saturated rings. The zero-order valence-corrected chi connectivity index (χ0v) is 16.8. The smallest absolute Gasteiger partial charge is 0.252 e. The molecule has 1 aliphatic rings. The highest BCUT2D eigenvalue weighted by Gasteiger charge is 2.34. The molecule has 136 valence electrons. The number of thiophene rings is 2. The zero-order valence-electron chi connectivity index (χ0n) is 14.3. The number of aryl methyl sites for hydroxylation is 1. The van der Waals surface area contributed by atoms with Gasteiger partial charge in [0.25, 0.3) is 10.0 Å². The van der Waals surface area contributed by atoms with Crippen LogP contribution in [0, 0.1) is 12.8 Å². The molecule has 3 rings (SSSR count). The van der Waals surface area contributed by atoms with Crippen molar-refractivity contribution in [1.29, 1.82) is 0 Å². The Labute approximate surface area is 156 Å². The summed E-state index contributed by atoms with van der Waals surface area (Å²) in [7, 11) is -1.68. The Kier molecular flexibility index (Phi) is 5.62. The average molecular weight is 399 g/mol. The van der Waals surface area contributed by atoms with Crippen molar-refractivity contribution in [3.8, 4) is 0 Å². The Morgan fingerprint density at radius 1 is 1.32 bits per heavy atom. The van der Waals surface area contributed by atoms with E-state index in [-0.39, 0.29) is 18.4 Å². The van der Waals surface area contributed by atoms with E-state index in [9.17, 15) is 13.2 Å². The molecule has 1 aliphatic heterocycles. The van der Waals surface area contributed by atoms with Gasteiger partial charge in [0.2, 0.25) is 5.91 Å². The Bertz CT molecular complexity index is 827. The number of piperidine rings is 1. The SMILES string of the molecule is Cc1ccsc1CN(C)C(=O)[C@@H]1CCCN(S(=O)(=O)c2cccs2)C1. The second kappa shape index (κ2) is 7.57. The van der Waals surface area contributed by atoms with Gasteiger partial charge in [0.05, 0.1) is 12.5 Å². The third kappa shape index (κ3) is 3.97. The van der Waals surface area contributed by atoms with Crippen LogP contribution < -0.4 is 0 Å². The minimum absolute atomic E-state index is 0.0267. The van der Waals surface area contributed by atoms with Gasteiger partial charge in [0.15, 0.2) is 0 Å². The predicted octanol–water partition coefficient (Wildman–Crippen LogP) is 3.18. The van der Waals surface area contributed by atoms with Crippen molar-refractivity contribution in [2.75, 3.05) is 20.1 Å². The molecule has 2 aromatic rings. The van der Waals surface area contributed by atoms with E-state index < -0.39 is 10.0 Å². The van der Waals surface area contributed by atoms with E-state index in [2.05, 4.69) is 0 Å². The van der Waals surface area contributed by atoms with Crippen molar-refractivity contribution in [3.05, 3.63) is 39.4 Å². The van der Waals surface area contributed by atoms with Crippen molar-refractivity contribution < 1.29 is 13.2 Å². The first-order valence-electron chi connectivity index (χ1n) is 8.21. The van der Waals surface area contributed by atoms with Crippen molar-refractivity contribution in [3.63, 3.8) is 0 Å². The summed E-state index contributed by atoms with van der Waals surface area (Å²) >= 11 is 2.87. The van der Waals surface area contributed by atoms with Gasteiger partial charge in [-0.25, -0.2) is 8.42 Å². The summed E-state index contributed by atoms with van der Waals surface area (Å²) in [6, 6.07) is 5.41. The van der Waals surface area contributed by atoms with Crippen LogP contribution in [-0.4, -0.2) is 43.7 Å². The summed E-state index contributed by atoms with van der Waals surface area (Å²) in [5, 5.41) is 3.79. The first kappa shape index (κ1) is 18.6. The molecular weight excluding hydrogens is 376 g/mol. The molecule has 0 radical (unpaired) electrons. The first-order valence-corrected chi connectivity index (χ1v) is 11.4. The van der Waals surface area contributed by atoms with E-state index in [1.807, 2.05) is 18.4 Å². The van der Waals surface area contributed by atoms with Crippen LogP contribution in [0.15, 0.2) is 33.2 Å². The zero-order chi connectivity index (χ0) is 18.0. The summed E-state index contributed by atoms with van der Waals surface area (Å²) in [6.07, 6.45) is 1.45. The van der Waals surface area contributed by atoms with Crippen molar-refractivity contribution >= 4 is 38.6 Å². The fourth-order valence-corrected chi connectivity index (χ4v) is 6.70. The van der Waals surface area contributed by atoms with Crippen molar-refractivity contribution in [2.45, 2.75) is 30.5 Å². The number of nitrogens with zero attached hydrogens (tertiary/aromatic N) is 2. The van der Waals surface area contributed by atoms with Gasteiger partial charge in [-0.15, -0.1) is 22.7 Å². The maximum absolute atomic E-state index is 12.8. The highest BCUT2D eigenvalue weighted by molar-refractivity contribution is 7.91. The van der Waals surface area contributed by atoms with Crippen LogP contribution in [0.4, 0.5) is 0 Å². The average Bonchev–Trinajstić information content (AvgIpc) is 3.27. The maximum atomic E-state index is 12.8.